The third kappa shape index (κ3) is 4.34. The van der Waals surface area contributed by atoms with Crippen molar-refractivity contribution in [2.75, 3.05) is 27.3 Å². The number of aromatic nitrogens is 4. The molecule has 0 saturated carbocycles. The van der Waals surface area contributed by atoms with Crippen molar-refractivity contribution in [3.8, 4) is 11.5 Å². The third-order valence-corrected chi connectivity index (χ3v) is 5.57. The monoisotopic (exact) mass is 403 g/mol. The van der Waals surface area contributed by atoms with Crippen molar-refractivity contribution < 1.29 is 19.2 Å². The Morgan fingerprint density at radius 3 is 2.48 bits per heavy atom. The number of nitrogens with two attached hydrogens (primary N) is 1. The summed E-state index contributed by atoms with van der Waals surface area (Å²) >= 11 is 0. The summed E-state index contributed by atoms with van der Waals surface area (Å²) in [6.45, 7) is 7.79. The molecule has 0 aliphatic carbocycles. The van der Waals surface area contributed by atoms with Gasteiger partial charge in [-0.3, -0.25) is 4.79 Å². The molecule has 1 aliphatic rings. The Morgan fingerprint density at radius 1 is 1.24 bits per heavy atom. The van der Waals surface area contributed by atoms with Crippen LogP contribution in [-0.2, 0) is 10.3 Å². The van der Waals surface area contributed by atoms with Crippen molar-refractivity contribution in [2.45, 2.75) is 45.2 Å². The highest BCUT2D eigenvalue weighted by atomic mass is 16.5. The van der Waals surface area contributed by atoms with Crippen LogP contribution in [0.1, 0.15) is 51.0 Å². The van der Waals surface area contributed by atoms with Crippen molar-refractivity contribution in [1.29, 1.82) is 0 Å². The number of carbonyl (C=O) groups is 1. The standard InChI is InChI=1S/C20H30N6O3/c1-20(2,3)26-19(22-23-24-26)17(25-10-8-13(9-11-25)18(21)27)15-12-14(28-4)6-7-16(15)29-5/h6-7,12-13,17H,8-11H2,1-5H3,(H2,21,27)/p+1/t17-/m1/s1. The molecule has 3 rings (SSSR count). The highest BCUT2D eigenvalue weighted by Gasteiger charge is 2.39. The molecule has 2 heterocycles. The SMILES string of the molecule is COc1ccc(OC)c([C@H](c2nnnn2C(C)(C)C)[NH+]2CCC(C(N)=O)CC2)c1. The van der Waals surface area contributed by atoms with Gasteiger partial charge < -0.3 is 20.1 Å². The van der Waals surface area contributed by atoms with Gasteiger partial charge in [0.25, 0.3) is 0 Å². The lowest BCUT2D eigenvalue weighted by molar-refractivity contribution is -0.931. The molecule has 1 aromatic carbocycles. The number of nitrogens with one attached hydrogen (secondary N) is 1. The summed E-state index contributed by atoms with van der Waals surface area (Å²) in [6, 6.07) is 5.60. The van der Waals surface area contributed by atoms with Gasteiger partial charge in [-0.25, -0.2) is 4.68 Å². The molecule has 29 heavy (non-hydrogen) atoms. The number of quaternary nitrogens is 1. The number of carbonyl (C=O) groups excluding carboxylic acids is 1. The van der Waals surface area contributed by atoms with Crippen LogP contribution in [0.3, 0.4) is 0 Å². The first-order valence-electron chi connectivity index (χ1n) is 9.90. The van der Waals surface area contributed by atoms with Crippen LogP contribution in [0, 0.1) is 5.92 Å². The van der Waals surface area contributed by atoms with Gasteiger partial charge in [0.2, 0.25) is 11.7 Å². The normalized spacial score (nSPS) is 20.9. The topological polar surface area (TPSA) is 110 Å². The maximum Gasteiger partial charge on any atom is 0.220 e. The fourth-order valence-corrected chi connectivity index (χ4v) is 4.02. The second-order valence-corrected chi connectivity index (χ2v) is 8.50. The highest BCUT2D eigenvalue weighted by Crippen LogP contribution is 2.32. The molecule has 0 bridgehead atoms. The van der Waals surface area contributed by atoms with Crippen molar-refractivity contribution in [2.24, 2.45) is 11.7 Å². The maximum atomic E-state index is 11.6. The molecule has 9 nitrogen and oxygen atoms in total. The first-order chi connectivity index (χ1) is 13.8. The molecular formula is C20H31N6O3+. The van der Waals surface area contributed by atoms with E-state index in [0.29, 0.717) is 0 Å². The predicted octanol–water partition coefficient (Wildman–Crippen LogP) is 0.315. The zero-order chi connectivity index (χ0) is 21.2. The Balaban J connectivity index is 2.09. The number of likely N-dealkylation sites (tertiary alicyclic amines) is 1. The molecule has 1 amide bonds. The number of nitrogens with zero attached hydrogens (tertiary/aromatic N) is 4. The second kappa shape index (κ2) is 8.36. The minimum absolute atomic E-state index is 0.0785. The van der Waals surface area contributed by atoms with E-state index in [1.165, 1.54) is 4.90 Å². The summed E-state index contributed by atoms with van der Waals surface area (Å²) in [4.78, 5) is 12.9. The molecule has 0 unspecified atom stereocenters. The Bertz CT molecular complexity index is 852. The summed E-state index contributed by atoms with van der Waals surface area (Å²) in [5, 5.41) is 12.7. The Hall–Kier alpha value is -2.68. The summed E-state index contributed by atoms with van der Waals surface area (Å²) in [7, 11) is 3.30. The number of primary amides is 1. The van der Waals surface area contributed by atoms with Gasteiger partial charge in [0.15, 0.2) is 6.04 Å². The van der Waals surface area contributed by atoms with E-state index in [2.05, 4.69) is 36.3 Å². The van der Waals surface area contributed by atoms with Crippen LogP contribution in [0.25, 0.3) is 0 Å². The van der Waals surface area contributed by atoms with Crippen LogP contribution in [0.15, 0.2) is 18.2 Å². The van der Waals surface area contributed by atoms with Gasteiger partial charge in [-0.05, 0) is 49.4 Å². The molecular weight excluding hydrogens is 372 g/mol. The van der Waals surface area contributed by atoms with E-state index >= 15 is 0 Å². The van der Waals surface area contributed by atoms with Gasteiger partial charge in [0.05, 0.1) is 38.4 Å². The third-order valence-electron chi connectivity index (χ3n) is 5.57. The number of hydrogen-bond acceptors (Lipinski definition) is 6. The average molecular weight is 404 g/mol. The molecule has 1 aliphatic heterocycles. The molecule has 2 aromatic rings. The van der Waals surface area contributed by atoms with E-state index in [-0.39, 0.29) is 23.4 Å². The van der Waals surface area contributed by atoms with Crippen LogP contribution < -0.4 is 20.1 Å². The minimum Gasteiger partial charge on any atom is -0.497 e. The van der Waals surface area contributed by atoms with E-state index in [1.807, 2.05) is 22.9 Å². The van der Waals surface area contributed by atoms with Gasteiger partial charge in [-0.1, -0.05) is 0 Å². The van der Waals surface area contributed by atoms with Crippen molar-refractivity contribution in [1.82, 2.24) is 20.2 Å². The second-order valence-electron chi connectivity index (χ2n) is 8.50. The number of piperidine rings is 1. The largest absolute Gasteiger partial charge is 0.497 e. The lowest BCUT2D eigenvalue weighted by atomic mass is 9.92. The number of benzene rings is 1. The highest BCUT2D eigenvalue weighted by molar-refractivity contribution is 5.76. The van der Waals surface area contributed by atoms with E-state index in [9.17, 15) is 4.79 Å². The van der Waals surface area contributed by atoms with Gasteiger partial charge in [0.1, 0.15) is 11.5 Å². The molecule has 0 radical (unpaired) electrons. The lowest BCUT2D eigenvalue weighted by Crippen LogP contribution is -3.13. The Morgan fingerprint density at radius 2 is 1.93 bits per heavy atom. The van der Waals surface area contributed by atoms with Crippen LogP contribution in [0.2, 0.25) is 0 Å². The minimum atomic E-state index is -0.284. The molecule has 1 atom stereocenters. The first kappa shape index (κ1) is 21.0. The Labute approximate surface area is 171 Å². The van der Waals surface area contributed by atoms with Crippen molar-refractivity contribution in [3.05, 3.63) is 29.6 Å². The zero-order valence-electron chi connectivity index (χ0n) is 17.8. The smallest absolute Gasteiger partial charge is 0.220 e. The van der Waals surface area contributed by atoms with Gasteiger partial charge in [-0.2, -0.15) is 0 Å². The van der Waals surface area contributed by atoms with Gasteiger partial charge in [0, 0.05) is 18.8 Å². The molecule has 1 aromatic heterocycles. The van der Waals surface area contributed by atoms with Crippen LogP contribution >= 0.6 is 0 Å². The van der Waals surface area contributed by atoms with E-state index in [4.69, 9.17) is 15.2 Å². The molecule has 1 saturated heterocycles. The van der Waals surface area contributed by atoms with Crippen LogP contribution in [-0.4, -0.2) is 53.4 Å². The fourth-order valence-electron chi connectivity index (χ4n) is 4.02. The van der Waals surface area contributed by atoms with E-state index in [1.54, 1.807) is 14.2 Å². The molecule has 0 spiro atoms. The number of rotatable bonds is 6. The summed E-state index contributed by atoms with van der Waals surface area (Å²) in [5.74, 6) is 1.96. The van der Waals surface area contributed by atoms with Crippen LogP contribution in [0.4, 0.5) is 0 Å². The number of amides is 1. The lowest BCUT2D eigenvalue weighted by Gasteiger charge is -2.35. The number of tetrazole rings is 1. The quantitative estimate of drug-likeness (QED) is 0.719. The number of ether oxygens (including phenoxy) is 2. The van der Waals surface area contributed by atoms with Crippen molar-refractivity contribution >= 4 is 5.91 Å². The Kier molecular flexibility index (Phi) is 6.07. The molecule has 3 N–H and O–H groups in total. The summed E-state index contributed by atoms with van der Waals surface area (Å²) < 4.78 is 13.0. The maximum absolute atomic E-state index is 11.6. The fraction of sp³-hybridized carbons (Fsp3) is 0.600. The summed E-state index contributed by atoms with van der Waals surface area (Å²) in [6.07, 6.45) is 1.48. The predicted molar refractivity (Wildman–Crippen MR) is 107 cm³/mol. The van der Waals surface area contributed by atoms with Gasteiger partial charge in [-0.15, -0.1) is 5.10 Å². The molecule has 1 fully saturated rings. The molecule has 9 heteroatoms. The first-order valence-corrected chi connectivity index (χ1v) is 9.90. The average Bonchev–Trinajstić information content (AvgIpc) is 3.18. The van der Waals surface area contributed by atoms with E-state index in [0.717, 1.165) is 48.8 Å². The van der Waals surface area contributed by atoms with E-state index < -0.39 is 0 Å². The summed E-state index contributed by atoms with van der Waals surface area (Å²) in [5.41, 5.74) is 6.21. The zero-order valence-corrected chi connectivity index (χ0v) is 17.8. The molecule has 158 valence electrons. The number of hydrogen-bond donors (Lipinski definition) is 2. The number of methoxy groups -OCH3 is 2. The van der Waals surface area contributed by atoms with Gasteiger partial charge >= 0.3 is 0 Å². The van der Waals surface area contributed by atoms with Crippen molar-refractivity contribution in [3.63, 3.8) is 0 Å². The van der Waals surface area contributed by atoms with Crippen LogP contribution in [0.5, 0.6) is 11.5 Å².